The van der Waals surface area contributed by atoms with Gasteiger partial charge in [0.05, 0.1) is 0 Å². The Bertz CT molecular complexity index is 402. The fourth-order valence-electron chi connectivity index (χ4n) is 2.83. The average Bonchev–Trinajstić information content (AvgIpc) is 2.43. The van der Waals surface area contributed by atoms with Crippen LogP contribution in [0.5, 0.6) is 0 Å². The van der Waals surface area contributed by atoms with Crippen LogP contribution in [0.25, 0.3) is 0 Å². The molecule has 0 radical (unpaired) electrons. The zero-order chi connectivity index (χ0) is 13.7. The first-order valence-corrected chi connectivity index (χ1v) is 8.23. The lowest BCUT2D eigenvalue weighted by molar-refractivity contribution is 0.157. The second-order valence-electron chi connectivity index (χ2n) is 5.19. The van der Waals surface area contributed by atoms with Crippen molar-refractivity contribution in [2.45, 2.75) is 44.7 Å². The van der Waals surface area contributed by atoms with E-state index in [2.05, 4.69) is 4.90 Å². The Morgan fingerprint density at radius 3 is 2.53 bits per heavy atom. The van der Waals surface area contributed by atoms with Crippen LogP contribution in [0, 0.1) is 0 Å². The SMILES string of the molecule is ClCCN(Cc1cc(Cl)ccc1Cl)C1CCCCC1. The van der Waals surface area contributed by atoms with Crippen LogP contribution < -0.4 is 0 Å². The molecule has 0 unspecified atom stereocenters. The molecule has 106 valence electrons. The van der Waals surface area contributed by atoms with Gasteiger partial charge in [0.15, 0.2) is 0 Å². The molecular weight excluding hydrogens is 301 g/mol. The van der Waals surface area contributed by atoms with Crippen molar-refractivity contribution in [3.05, 3.63) is 33.8 Å². The molecule has 0 heterocycles. The summed E-state index contributed by atoms with van der Waals surface area (Å²) >= 11 is 18.3. The quantitative estimate of drug-likeness (QED) is 0.659. The Labute approximate surface area is 130 Å². The predicted molar refractivity (Wildman–Crippen MR) is 84.5 cm³/mol. The Morgan fingerprint density at radius 2 is 1.84 bits per heavy atom. The molecule has 0 spiro atoms. The second-order valence-corrected chi connectivity index (χ2v) is 6.41. The molecule has 0 bridgehead atoms. The molecule has 0 aliphatic heterocycles. The van der Waals surface area contributed by atoms with Crippen LogP contribution in [-0.4, -0.2) is 23.4 Å². The van der Waals surface area contributed by atoms with Gasteiger partial charge in [0.1, 0.15) is 0 Å². The number of nitrogens with zero attached hydrogens (tertiary/aromatic N) is 1. The maximum absolute atomic E-state index is 6.26. The fourth-order valence-corrected chi connectivity index (χ4v) is 3.42. The fraction of sp³-hybridized carbons (Fsp3) is 0.600. The van der Waals surface area contributed by atoms with Gasteiger partial charge in [-0.15, -0.1) is 11.6 Å². The Hall–Kier alpha value is 0.0500. The van der Waals surface area contributed by atoms with Gasteiger partial charge in [-0.3, -0.25) is 4.90 Å². The highest BCUT2D eigenvalue weighted by molar-refractivity contribution is 6.33. The largest absolute Gasteiger partial charge is 0.295 e. The zero-order valence-electron chi connectivity index (χ0n) is 11.0. The van der Waals surface area contributed by atoms with Gasteiger partial charge in [0, 0.05) is 35.1 Å². The number of hydrogen-bond donors (Lipinski definition) is 0. The lowest BCUT2D eigenvalue weighted by Crippen LogP contribution is -2.37. The third kappa shape index (κ3) is 4.53. The number of halogens is 3. The van der Waals surface area contributed by atoms with Crippen molar-refractivity contribution in [3.8, 4) is 0 Å². The molecule has 0 amide bonds. The van der Waals surface area contributed by atoms with Crippen molar-refractivity contribution < 1.29 is 0 Å². The minimum atomic E-state index is 0.641. The summed E-state index contributed by atoms with van der Waals surface area (Å²) in [5, 5.41) is 1.54. The molecule has 1 aliphatic rings. The monoisotopic (exact) mass is 319 g/mol. The smallest absolute Gasteiger partial charge is 0.0452 e. The van der Waals surface area contributed by atoms with Crippen molar-refractivity contribution in [1.82, 2.24) is 4.90 Å². The van der Waals surface area contributed by atoms with Crippen molar-refractivity contribution in [3.63, 3.8) is 0 Å². The second kappa shape index (κ2) is 7.73. The molecule has 1 nitrogen and oxygen atoms in total. The highest BCUT2D eigenvalue weighted by Gasteiger charge is 2.21. The van der Waals surface area contributed by atoms with E-state index in [-0.39, 0.29) is 0 Å². The van der Waals surface area contributed by atoms with Gasteiger partial charge < -0.3 is 0 Å². The van der Waals surface area contributed by atoms with Crippen LogP contribution >= 0.6 is 34.8 Å². The van der Waals surface area contributed by atoms with E-state index in [1.165, 1.54) is 32.1 Å². The summed E-state index contributed by atoms with van der Waals surface area (Å²) in [5.41, 5.74) is 1.10. The topological polar surface area (TPSA) is 3.24 Å². The number of hydrogen-bond acceptors (Lipinski definition) is 1. The van der Waals surface area contributed by atoms with Crippen LogP contribution in [-0.2, 0) is 6.54 Å². The molecule has 2 rings (SSSR count). The number of benzene rings is 1. The first-order chi connectivity index (χ1) is 9.20. The highest BCUT2D eigenvalue weighted by atomic mass is 35.5. The van der Waals surface area contributed by atoms with E-state index in [1.54, 1.807) is 0 Å². The van der Waals surface area contributed by atoms with Gasteiger partial charge in [0.25, 0.3) is 0 Å². The third-order valence-electron chi connectivity index (χ3n) is 3.84. The number of alkyl halides is 1. The van der Waals surface area contributed by atoms with Gasteiger partial charge in [-0.2, -0.15) is 0 Å². The molecule has 1 saturated carbocycles. The third-order valence-corrected chi connectivity index (χ3v) is 4.62. The normalized spacial score (nSPS) is 17.1. The van der Waals surface area contributed by atoms with Gasteiger partial charge >= 0.3 is 0 Å². The summed E-state index contributed by atoms with van der Waals surface area (Å²) in [5.74, 6) is 0.661. The summed E-state index contributed by atoms with van der Waals surface area (Å²) in [6.45, 7) is 1.76. The van der Waals surface area contributed by atoms with E-state index in [0.29, 0.717) is 11.9 Å². The molecule has 1 aromatic carbocycles. The molecule has 4 heteroatoms. The van der Waals surface area contributed by atoms with Crippen LogP contribution in [0.2, 0.25) is 10.0 Å². The zero-order valence-corrected chi connectivity index (χ0v) is 13.3. The maximum atomic E-state index is 6.26. The highest BCUT2D eigenvalue weighted by Crippen LogP contribution is 2.27. The molecule has 1 aliphatic carbocycles. The Balaban J connectivity index is 2.08. The predicted octanol–water partition coefficient (Wildman–Crippen LogP) is 5.37. The van der Waals surface area contributed by atoms with E-state index in [0.717, 1.165) is 28.7 Å². The molecule has 0 saturated heterocycles. The molecule has 0 aromatic heterocycles. The average molecular weight is 321 g/mol. The van der Waals surface area contributed by atoms with E-state index in [4.69, 9.17) is 34.8 Å². The minimum absolute atomic E-state index is 0.641. The standard InChI is InChI=1S/C15H20Cl3N/c16-8-9-19(14-4-2-1-3-5-14)11-12-10-13(17)6-7-15(12)18/h6-7,10,14H,1-5,8-9,11H2. The maximum Gasteiger partial charge on any atom is 0.0452 e. The summed E-state index contributed by atoms with van der Waals surface area (Å²) < 4.78 is 0. The summed E-state index contributed by atoms with van der Waals surface area (Å²) in [6.07, 6.45) is 6.56. The first kappa shape index (κ1) is 15.4. The Kier molecular flexibility index (Phi) is 6.28. The number of rotatable bonds is 5. The van der Waals surface area contributed by atoms with Crippen LogP contribution in [0.3, 0.4) is 0 Å². The molecule has 1 fully saturated rings. The Morgan fingerprint density at radius 1 is 1.11 bits per heavy atom. The van der Waals surface area contributed by atoms with Crippen molar-refractivity contribution >= 4 is 34.8 Å². The van der Waals surface area contributed by atoms with Crippen LogP contribution in [0.1, 0.15) is 37.7 Å². The molecule has 0 atom stereocenters. The lowest BCUT2D eigenvalue weighted by Gasteiger charge is -2.34. The van der Waals surface area contributed by atoms with Gasteiger partial charge in [0.2, 0.25) is 0 Å². The van der Waals surface area contributed by atoms with Gasteiger partial charge in [-0.1, -0.05) is 42.5 Å². The minimum Gasteiger partial charge on any atom is -0.295 e. The molecule has 1 aromatic rings. The van der Waals surface area contributed by atoms with Crippen molar-refractivity contribution in [2.24, 2.45) is 0 Å². The van der Waals surface area contributed by atoms with E-state index < -0.39 is 0 Å². The molecular formula is C15H20Cl3N. The lowest BCUT2D eigenvalue weighted by atomic mass is 9.94. The van der Waals surface area contributed by atoms with E-state index in [9.17, 15) is 0 Å². The van der Waals surface area contributed by atoms with Crippen molar-refractivity contribution in [2.75, 3.05) is 12.4 Å². The van der Waals surface area contributed by atoms with Gasteiger partial charge in [-0.25, -0.2) is 0 Å². The summed E-state index contributed by atoms with van der Waals surface area (Å²) in [7, 11) is 0. The molecule has 0 N–H and O–H groups in total. The summed E-state index contributed by atoms with van der Waals surface area (Å²) in [6, 6.07) is 6.31. The first-order valence-electron chi connectivity index (χ1n) is 6.94. The van der Waals surface area contributed by atoms with E-state index in [1.807, 2.05) is 18.2 Å². The van der Waals surface area contributed by atoms with Gasteiger partial charge in [-0.05, 0) is 36.6 Å². The van der Waals surface area contributed by atoms with Crippen LogP contribution in [0.15, 0.2) is 18.2 Å². The van der Waals surface area contributed by atoms with E-state index >= 15 is 0 Å². The van der Waals surface area contributed by atoms with Crippen LogP contribution in [0.4, 0.5) is 0 Å². The summed E-state index contributed by atoms with van der Waals surface area (Å²) in [4.78, 5) is 2.46. The van der Waals surface area contributed by atoms with Crippen molar-refractivity contribution in [1.29, 1.82) is 0 Å². The molecule has 19 heavy (non-hydrogen) atoms.